The molecule has 1 aliphatic rings. The van der Waals surface area contributed by atoms with Crippen molar-refractivity contribution in [3.8, 4) is 0 Å². The lowest BCUT2D eigenvalue weighted by Gasteiger charge is -2.33. The van der Waals surface area contributed by atoms with Crippen molar-refractivity contribution in [2.75, 3.05) is 19.6 Å². The summed E-state index contributed by atoms with van der Waals surface area (Å²) < 4.78 is 2.06. The molecule has 7 nitrogen and oxygen atoms in total. The van der Waals surface area contributed by atoms with Crippen molar-refractivity contribution in [1.82, 2.24) is 25.0 Å². The average Bonchev–Trinajstić information content (AvgIpc) is 3.02. The summed E-state index contributed by atoms with van der Waals surface area (Å²) in [5.74, 6) is 1.95. The molecule has 24 heavy (non-hydrogen) atoms. The van der Waals surface area contributed by atoms with Crippen molar-refractivity contribution in [3.05, 3.63) is 12.2 Å². The van der Waals surface area contributed by atoms with Gasteiger partial charge in [-0.3, -0.25) is 4.99 Å². The second-order valence-corrected chi connectivity index (χ2v) is 6.17. The topological polar surface area (TPSA) is 78.6 Å². The van der Waals surface area contributed by atoms with E-state index < -0.39 is 0 Å². The maximum absolute atomic E-state index is 9.69. The highest BCUT2D eigenvalue weighted by Crippen LogP contribution is 2.10. The lowest BCUT2D eigenvalue weighted by Crippen LogP contribution is -2.49. The fourth-order valence-electron chi connectivity index (χ4n) is 2.64. The molecule has 0 spiro atoms. The second-order valence-electron chi connectivity index (χ2n) is 6.17. The summed E-state index contributed by atoms with van der Waals surface area (Å²) in [4.78, 5) is 7.04. The first kappa shape index (κ1) is 21.1. The molecule has 1 fully saturated rings. The van der Waals surface area contributed by atoms with Gasteiger partial charge in [0.15, 0.2) is 5.96 Å². The average molecular weight is 450 g/mol. The molecule has 2 N–H and O–H groups in total. The number of likely N-dealkylation sites (tertiary alicyclic amines) is 1. The minimum atomic E-state index is -0.166. The molecule has 2 rings (SSSR count). The number of nitrogens with one attached hydrogen (secondary N) is 1. The fraction of sp³-hybridized carbons (Fsp3) is 0.812. The summed E-state index contributed by atoms with van der Waals surface area (Å²) in [6.07, 6.45) is 5.17. The van der Waals surface area contributed by atoms with Crippen molar-refractivity contribution in [2.45, 2.75) is 65.1 Å². The Hall–Kier alpha value is -0.900. The maximum atomic E-state index is 9.69. The van der Waals surface area contributed by atoms with E-state index in [0.717, 1.165) is 57.1 Å². The molecular weight excluding hydrogens is 419 g/mol. The molecule has 8 heteroatoms. The molecule has 2 heterocycles. The Morgan fingerprint density at radius 3 is 2.75 bits per heavy atom. The van der Waals surface area contributed by atoms with Crippen molar-refractivity contribution in [1.29, 1.82) is 0 Å². The third kappa shape index (κ3) is 6.19. The Labute approximate surface area is 162 Å². The van der Waals surface area contributed by atoms with Crippen molar-refractivity contribution in [3.63, 3.8) is 0 Å². The SMILES string of the molecule is CCc1nncn1CCN=C(NC(C)CC)N1CCC(O)CC1.I. The molecule has 1 saturated heterocycles. The molecule has 1 unspecified atom stereocenters. The number of rotatable bonds is 6. The molecule has 138 valence electrons. The summed E-state index contributed by atoms with van der Waals surface area (Å²) in [6, 6.07) is 0.390. The van der Waals surface area contributed by atoms with Gasteiger partial charge in [-0.25, -0.2) is 0 Å². The summed E-state index contributed by atoms with van der Waals surface area (Å²) in [5.41, 5.74) is 0. The highest BCUT2D eigenvalue weighted by atomic mass is 127. The van der Waals surface area contributed by atoms with Crippen LogP contribution in [-0.2, 0) is 13.0 Å². The van der Waals surface area contributed by atoms with E-state index in [4.69, 9.17) is 4.99 Å². The molecule has 1 aromatic heterocycles. The minimum Gasteiger partial charge on any atom is -0.393 e. The first-order valence-corrected chi connectivity index (χ1v) is 8.74. The van der Waals surface area contributed by atoms with Gasteiger partial charge < -0.3 is 19.9 Å². The maximum Gasteiger partial charge on any atom is 0.194 e. The highest BCUT2D eigenvalue weighted by molar-refractivity contribution is 14.0. The monoisotopic (exact) mass is 450 g/mol. The van der Waals surface area contributed by atoms with Crippen LogP contribution in [0, 0.1) is 0 Å². The molecule has 0 aliphatic carbocycles. The quantitative estimate of drug-likeness (QED) is 0.392. The van der Waals surface area contributed by atoms with Gasteiger partial charge in [0.1, 0.15) is 12.2 Å². The smallest absolute Gasteiger partial charge is 0.194 e. The van der Waals surface area contributed by atoms with Gasteiger partial charge in [-0.15, -0.1) is 34.2 Å². The van der Waals surface area contributed by atoms with E-state index in [-0.39, 0.29) is 30.1 Å². The number of aliphatic hydroxyl groups excluding tert-OH is 1. The van der Waals surface area contributed by atoms with Gasteiger partial charge in [-0.1, -0.05) is 13.8 Å². The number of aromatic nitrogens is 3. The van der Waals surface area contributed by atoms with Gasteiger partial charge in [0.2, 0.25) is 0 Å². The zero-order chi connectivity index (χ0) is 16.7. The number of aliphatic imine (C=N–C) groups is 1. The van der Waals surface area contributed by atoms with E-state index in [2.05, 4.69) is 45.8 Å². The van der Waals surface area contributed by atoms with Gasteiger partial charge in [0, 0.05) is 32.1 Å². The number of halogens is 1. The summed E-state index contributed by atoms with van der Waals surface area (Å²) in [7, 11) is 0. The van der Waals surface area contributed by atoms with Gasteiger partial charge in [0.05, 0.1) is 12.6 Å². The fourth-order valence-corrected chi connectivity index (χ4v) is 2.64. The first-order chi connectivity index (χ1) is 11.1. The number of nitrogens with zero attached hydrogens (tertiary/aromatic N) is 5. The molecule has 0 radical (unpaired) electrons. The van der Waals surface area contributed by atoms with Gasteiger partial charge in [0.25, 0.3) is 0 Å². The van der Waals surface area contributed by atoms with Crippen LogP contribution in [-0.4, -0.2) is 62.5 Å². The largest absolute Gasteiger partial charge is 0.393 e. The first-order valence-electron chi connectivity index (χ1n) is 8.74. The van der Waals surface area contributed by atoms with E-state index in [0.29, 0.717) is 12.6 Å². The van der Waals surface area contributed by atoms with Crippen LogP contribution in [0.2, 0.25) is 0 Å². The normalized spacial score (nSPS) is 17.5. The molecule has 1 aromatic rings. The number of aliphatic hydroxyl groups is 1. The molecule has 0 bridgehead atoms. The van der Waals surface area contributed by atoms with Crippen LogP contribution in [0.5, 0.6) is 0 Å². The predicted octanol–water partition coefficient (Wildman–Crippen LogP) is 1.66. The molecule has 0 aromatic carbocycles. The van der Waals surface area contributed by atoms with Crippen LogP contribution in [0.3, 0.4) is 0 Å². The Balaban J connectivity index is 0.00000288. The summed E-state index contributed by atoms with van der Waals surface area (Å²) in [6.45, 7) is 9.62. The van der Waals surface area contributed by atoms with Crippen LogP contribution in [0.15, 0.2) is 11.3 Å². The second kappa shape index (κ2) is 10.9. The third-order valence-electron chi connectivity index (χ3n) is 4.37. The van der Waals surface area contributed by atoms with E-state index in [1.165, 1.54) is 0 Å². The van der Waals surface area contributed by atoms with Crippen molar-refractivity contribution >= 4 is 29.9 Å². The van der Waals surface area contributed by atoms with E-state index in [9.17, 15) is 5.11 Å². The zero-order valence-electron chi connectivity index (χ0n) is 15.0. The zero-order valence-corrected chi connectivity index (χ0v) is 17.3. The van der Waals surface area contributed by atoms with Crippen LogP contribution >= 0.6 is 24.0 Å². The van der Waals surface area contributed by atoms with Gasteiger partial charge in [-0.05, 0) is 26.2 Å². The van der Waals surface area contributed by atoms with Crippen molar-refractivity contribution in [2.24, 2.45) is 4.99 Å². The molecular formula is C16H31IN6O. The number of aryl methyl sites for hydroxylation is 1. The molecule has 0 saturated carbocycles. The van der Waals surface area contributed by atoms with E-state index in [1.807, 2.05) is 0 Å². The Kier molecular flexibility index (Phi) is 9.57. The standard InChI is InChI=1S/C16H30N6O.HI/c1-4-13(3)19-16(21-9-6-14(23)7-10-21)17-8-11-22-12-18-20-15(22)5-2;/h12-14,23H,4-11H2,1-3H3,(H,17,19);1H. The molecule has 0 amide bonds. The number of piperidine rings is 1. The van der Waals surface area contributed by atoms with Gasteiger partial charge in [-0.2, -0.15) is 0 Å². The van der Waals surface area contributed by atoms with Crippen LogP contribution < -0.4 is 5.32 Å². The third-order valence-corrected chi connectivity index (χ3v) is 4.37. The van der Waals surface area contributed by atoms with Crippen LogP contribution in [0.4, 0.5) is 0 Å². The van der Waals surface area contributed by atoms with Crippen LogP contribution in [0.25, 0.3) is 0 Å². The lowest BCUT2D eigenvalue weighted by atomic mass is 10.1. The summed E-state index contributed by atoms with van der Waals surface area (Å²) >= 11 is 0. The number of guanidine groups is 1. The number of hydrogen-bond acceptors (Lipinski definition) is 4. The Bertz CT molecular complexity index is 499. The van der Waals surface area contributed by atoms with Crippen LogP contribution in [0.1, 0.15) is 45.9 Å². The Morgan fingerprint density at radius 1 is 1.42 bits per heavy atom. The van der Waals surface area contributed by atoms with E-state index in [1.54, 1.807) is 6.33 Å². The Morgan fingerprint density at radius 2 is 2.12 bits per heavy atom. The molecule has 1 atom stereocenters. The summed E-state index contributed by atoms with van der Waals surface area (Å²) in [5, 5.41) is 21.3. The highest BCUT2D eigenvalue weighted by Gasteiger charge is 2.20. The number of hydrogen-bond donors (Lipinski definition) is 2. The van der Waals surface area contributed by atoms with E-state index >= 15 is 0 Å². The predicted molar refractivity (Wildman–Crippen MR) is 107 cm³/mol. The minimum absolute atomic E-state index is 0. The van der Waals surface area contributed by atoms with Crippen molar-refractivity contribution < 1.29 is 5.11 Å². The molecule has 1 aliphatic heterocycles. The lowest BCUT2D eigenvalue weighted by molar-refractivity contribution is 0.107. The van der Waals surface area contributed by atoms with Gasteiger partial charge >= 0.3 is 0 Å².